The van der Waals surface area contributed by atoms with E-state index in [0.717, 1.165) is 45.3 Å². The van der Waals surface area contributed by atoms with Crippen LogP contribution in [0.3, 0.4) is 0 Å². The minimum Gasteiger partial charge on any atom is -0.342 e. The average molecular weight is 406 g/mol. The maximum atomic E-state index is 13.5. The van der Waals surface area contributed by atoms with Gasteiger partial charge in [0.25, 0.3) is 0 Å². The predicted molar refractivity (Wildman–Crippen MR) is 122 cm³/mol. The van der Waals surface area contributed by atoms with Crippen molar-refractivity contribution in [2.45, 2.75) is 44.1 Å². The Kier molecular flexibility index (Phi) is 6.26. The minimum atomic E-state index is -0.150. The van der Waals surface area contributed by atoms with Crippen molar-refractivity contribution in [3.8, 4) is 0 Å². The molecule has 0 aliphatic carbocycles. The van der Waals surface area contributed by atoms with Crippen LogP contribution in [0.1, 0.15) is 48.8 Å². The van der Waals surface area contributed by atoms with Crippen LogP contribution in [0.15, 0.2) is 54.6 Å². The standard InChI is InChI=1S/C26H35N3O/c1-3-22(20-9-5-4-6-10-20)23(19-27)25(30)29-17-14-26(15-18-29)24-12-8-7-11-21(24)13-16-28(26)2/h4-12,22-23H,3,13-19,27H2,1-2H3. The van der Waals surface area contributed by atoms with Gasteiger partial charge < -0.3 is 10.6 Å². The van der Waals surface area contributed by atoms with Gasteiger partial charge in [0, 0.05) is 31.7 Å². The first kappa shape index (κ1) is 21.1. The zero-order valence-corrected chi connectivity index (χ0v) is 18.4. The van der Waals surface area contributed by atoms with Crippen molar-refractivity contribution < 1.29 is 4.79 Å². The van der Waals surface area contributed by atoms with E-state index in [0.29, 0.717) is 6.54 Å². The Hall–Kier alpha value is -2.17. The average Bonchev–Trinajstić information content (AvgIpc) is 2.80. The highest BCUT2D eigenvalue weighted by atomic mass is 16.2. The topological polar surface area (TPSA) is 49.6 Å². The lowest BCUT2D eigenvalue weighted by atomic mass is 9.74. The zero-order chi connectivity index (χ0) is 21.1. The Morgan fingerprint density at radius 3 is 2.37 bits per heavy atom. The molecule has 2 aromatic carbocycles. The summed E-state index contributed by atoms with van der Waals surface area (Å²) in [5.74, 6) is 0.260. The molecule has 0 saturated carbocycles. The Bertz CT molecular complexity index is 858. The molecule has 1 amide bonds. The van der Waals surface area contributed by atoms with Gasteiger partial charge in [-0.1, -0.05) is 61.5 Å². The molecule has 0 radical (unpaired) electrons. The minimum absolute atomic E-state index is 0.0629. The second-order valence-electron chi connectivity index (χ2n) is 8.95. The summed E-state index contributed by atoms with van der Waals surface area (Å²) in [4.78, 5) is 18.1. The Morgan fingerprint density at radius 2 is 1.70 bits per heavy atom. The van der Waals surface area contributed by atoms with E-state index >= 15 is 0 Å². The lowest BCUT2D eigenvalue weighted by Gasteiger charge is -2.51. The molecule has 4 heteroatoms. The summed E-state index contributed by atoms with van der Waals surface area (Å²) in [6, 6.07) is 19.3. The van der Waals surface area contributed by atoms with E-state index in [-0.39, 0.29) is 23.3 Å². The number of carbonyl (C=O) groups excluding carboxylic acids is 1. The number of likely N-dealkylation sites (N-methyl/N-ethyl adjacent to an activating group) is 1. The third-order valence-electron chi connectivity index (χ3n) is 7.59. The van der Waals surface area contributed by atoms with Crippen LogP contribution in [0.5, 0.6) is 0 Å². The molecule has 2 unspecified atom stereocenters. The van der Waals surface area contributed by atoms with E-state index in [1.165, 1.54) is 16.7 Å². The molecule has 30 heavy (non-hydrogen) atoms. The van der Waals surface area contributed by atoms with Gasteiger partial charge in [-0.25, -0.2) is 0 Å². The monoisotopic (exact) mass is 405 g/mol. The number of rotatable bonds is 5. The number of nitrogens with two attached hydrogens (primary N) is 1. The summed E-state index contributed by atoms with van der Waals surface area (Å²) in [5.41, 5.74) is 10.4. The first-order valence-electron chi connectivity index (χ1n) is 11.4. The smallest absolute Gasteiger partial charge is 0.227 e. The van der Waals surface area contributed by atoms with Crippen LogP contribution in [-0.2, 0) is 16.8 Å². The van der Waals surface area contributed by atoms with Crippen LogP contribution in [0.2, 0.25) is 0 Å². The normalized spacial score (nSPS) is 20.6. The van der Waals surface area contributed by atoms with Crippen molar-refractivity contribution in [3.05, 3.63) is 71.3 Å². The largest absolute Gasteiger partial charge is 0.342 e. The summed E-state index contributed by atoms with van der Waals surface area (Å²) >= 11 is 0. The van der Waals surface area contributed by atoms with Gasteiger partial charge in [-0.05, 0) is 55.3 Å². The number of hydrogen-bond acceptors (Lipinski definition) is 3. The summed E-state index contributed by atoms with van der Waals surface area (Å²) in [7, 11) is 2.25. The van der Waals surface area contributed by atoms with E-state index < -0.39 is 0 Å². The number of carbonyl (C=O) groups is 1. The molecule has 2 heterocycles. The van der Waals surface area contributed by atoms with Gasteiger partial charge in [0.1, 0.15) is 0 Å². The first-order chi connectivity index (χ1) is 14.6. The van der Waals surface area contributed by atoms with Crippen LogP contribution in [0.25, 0.3) is 0 Å². The van der Waals surface area contributed by atoms with Crippen molar-refractivity contribution in [1.82, 2.24) is 9.80 Å². The van der Waals surface area contributed by atoms with Gasteiger partial charge in [0.15, 0.2) is 0 Å². The second kappa shape index (κ2) is 8.91. The van der Waals surface area contributed by atoms with Gasteiger partial charge in [-0.15, -0.1) is 0 Å². The third kappa shape index (κ3) is 3.67. The van der Waals surface area contributed by atoms with Crippen molar-refractivity contribution >= 4 is 5.91 Å². The van der Waals surface area contributed by atoms with Crippen LogP contribution in [0, 0.1) is 5.92 Å². The molecule has 1 fully saturated rings. The molecule has 1 spiro atoms. The maximum Gasteiger partial charge on any atom is 0.227 e. The van der Waals surface area contributed by atoms with Crippen molar-refractivity contribution in [1.29, 1.82) is 0 Å². The Morgan fingerprint density at radius 1 is 1.03 bits per heavy atom. The Balaban J connectivity index is 1.51. The molecule has 4 rings (SSSR count). The third-order valence-corrected chi connectivity index (χ3v) is 7.59. The molecular formula is C26H35N3O. The fourth-order valence-electron chi connectivity index (χ4n) is 5.77. The number of fused-ring (bicyclic) bond motifs is 2. The molecule has 0 aromatic heterocycles. The quantitative estimate of drug-likeness (QED) is 0.824. The van der Waals surface area contributed by atoms with Gasteiger partial charge >= 0.3 is 0 Å². The van der Waals surface area contributed by atoms with Gasteiger partial charge in [-0.3, -0.25) is 9.69 Å². The zero-order valence-electron chi connectivity index (χ0n) is 18.4. The number of benzene rings is 2. The number of piperidine rings is 1. The molecule has 4 nitrogen and oxygen atoms in total. The SMILES string of the molecule is CCC(c1ccccc1)C(CN)C(=O)N1CCC2(CC1)c1ccccc1CCN2C. The predicted octanol–water partition coefficient (Wildman–Crippen LogP) is 3.76. The van der Waals surface area contributed by atoms with E-state index in [1.807, 2.05) is 6.07 Å². The van der Waals surface area contributed by atoms with Crippen LogP contribution in [-0.4, -0.2) is 48.9 Å². The number of nitrogens with zero attached hydrogens (tertiary/aromatic N) is 2. The van der Waals surface area contributed by atoms with Crippen molar-refractivity contribution in [2.24, 2.45) is 11.7 Å². The highest BCUT2D eigenvalue weighted by molar-refractivity contribution is 5.80. The molecule has 2 aliphatic heterocycles. The summed E-state index contributed by atoms with van der Waals surface area (Å²) < 4.78 is 0. The lowest BCUT2D eigenvalue weighted by Crippen LogP contribution is -2.56. The molecule has 2 aliphatic rings. The van der Waals surface area contributed by atoms with E-state index in [9.17, 15) is 4.79 Å². The van der Waals surface area contributed by atoms with Gasteiger partial charge in [0.05, 0.1) is 5.92 Å². The van der Waals surface area contributed by atoms with E-state index in [1.54, 1.807) is 0 Å². The van der Waals surface area contributed by atoms with Gasteiger partial charge in [-0.2, -0.15) is 0 Å². The summed E-state index contributed by atoms with van der Waals surface area (Å²) in [6.45, 7) is 5.25. The lowest BCUT2D eigenvalue weighted by molar-refractivity contribution is -0.139. The maximum absolute atomic E-state index is 13.5. The van der Waals surface area contributed by atoms with Crippen molar-refractivity contribution in [3.63, 3.8) is 0 Å². The van der Waals surface area contributed by atoms with E-state index in [4.69, 9.17) is 5.73 Å². The van der Waals surface area contributed by atoms with Crippen LogP contribution in [0.4, 0.5) is 0 Å². The van der Waals surface area contributed by atoms with Crippen LogP contribution >= 0.6 is 0 Å². The summed E-state index contributed by atoms with van der Waals surface area (Å²) in [5, 5.41) is 0. The molecule has 160 valence electrons. The first-order valence-corrected chi connectivity index (χ1v) is 11.4. The van der Waals surface area contributed by atoms with Crippen molar-refractivity contribution in [2.75, 3.05) is 33.2 Å². The second-order valence-corrected chi connectivity index (χ2v) is 8.95. The molecule has 2 atom stereocenters. The molecule has 1 saturated heterocycles. The highest BCUT2D eigenvalue weighted by Gasteiger charge is 2.44. The number of likely N-dealkylation sites (tertiary alicyclic amines) is 1. The Labute approximate surface area is 181 Å². The molecular weight excluding hydrogens is 370 g/mol. The number of amides is 1. The molecule has 2 aromatic rings. The highest BCUT2D eigenvalue weighted by Crippen LogP contribution is 2.43. The van der Waals surface area contributed by atoms with E-state index in [2.05, 4.69) is 72.3 Å². The van der Waals surface area contributed by atoms with Gasteiger partial charge in [0.2, 0.25) is 5.91 Å². The summed E-state index contributed by atoms with van der Waals surface area (Å²) in [6.07, 6.45) is 4.02. The number of hydrogen-bond donors (Lipinski definition) is 1. The van der Waals surface area contributed by atoms with Crippen LogP contribution < -0.4 is 5.73 Å². The fraction of sp³-hybridized carbons (Fsp3) is 0.500. The fourth-order valence-corrected chi connectivity index (χ4v) is 5.77. The molecule has 2 N–H and O–H groups in total. The molecule has 0 bridgehead atoms.